The van der Waals surface area contributed by atoms with Crippen LogP contribution in [0, 0.1) is 11.1 Å². The van der Waals surface area contributed by atoms with Crippen molar-refractivity contribution in [1.82, 2.24) is 0 Å². The van der Waals surface area contributed by atoms with Crippen LogP contribution in [0.5, 0.6) is 0 Å². The van der Waals surface area contributed by atoms with Crippen LogP contribution in [0.3, 0.4) is 0 Å². The molecule has 2 unspecified atom stereocenters. The fourth-order valence-corrected chi connectivity index (χ4v) is 5.70. The van der Waals surface area contributed by atoms with Crippen molar-refractivity contribution in [3.05, 3.63) is 58.0 Å². The number of carbonyl (C=O) groups is 1. The molecule has 4 aliphatic rings. The van der Waals surface area contributed by atoms with E-state index < -0.39 is 0 Å². The molecule has 1 aromatic carbocycles. The molecule has 1 aromatic rings. The van der Waals surface area contributed by atoms with E-state index >= 15 is 0 Å². The van der Waals surface area contributed by atoms with E-state index in [0.717, 1.165) is 41.7 Å². The molecule has 118 valence electrons. The van der Waals surface area contributed by atoms with Crippen LogP contribution in [0.1, 0.15) is 25.3 Å². The molecular weight excluding hydrogens is 288 g/mol. The first-order valence-corrected chi connectivity index (χ1v) is 8.43. The fraction of sp³-hybridized carbons (Fsp3) is 0.421. The third-order valence-electron chi connectivity index (χ3n) is 6.65. The Kier molecular flexibility index (Phi) is 2.43. The molecule has 1 aliphatic carbocycles. The van der Waals surface area contributed by atoms with E-state index in [9.17, 15) is 10.0 Å². The van der Waals surface area contributed by atoms with Gasteiger partial charge in [0.15, 0.2) is 0 Å². The molecule has 1 N–H and O–H groups in total. The molecule has 2 fully saturated rings. The van der Waals surface area contributed by atoms with E-state index in [1.807, 2.05) is 19.1 Å². The number of carbonyl (C=O) groups excluding carboxylic acids is 1. The van der Waals surface area contributed by atoms with Crippen molar-refractivity contribution >= 4 is 12.0 Å². The summed E-state index contributed by atoms with van der Waals surface area (Å²) in [7, 11) is 0. The number of quaternary nitrogens is 1. The monoisotopic (exact) mass is 308 g/mol. The summed E-state index contributed by atoms with van der Waals surface area (Å²) in [4.78, 5) is 12.0. The summed E-state index contributed by atoms with van der Waals surface area (Å²) < 4.78 is -0.123. The van der Waals surface area contributed by atoms with E-state index in [2.05, 4.69) is 23.5 Å². The lowest BCUT2D eigenvalue weighted by Gasteiger charge is -2.55. The number of nitrogens with zero attached hydrogens (tertiary/aromatic N) is 1. The number of allylic oxidation sites excluding steroid dienone is 2. The number of rotatable bonds is 1. The molecule has 0 saturated carbocycles. The van der Waals surface area contributed by atoms with Crippen molar-refractivity contribution in [3.8, 4) is 0 Å². The Bertz CT molecular complexity index is 796. The fourth-order valence-electron chi connectivity index (χ4n) is 5.70. The third-order valence-corrected chi connectivity index (χ3v) is 6.65. The Labute approximate surface area is 135 Å². The summed E-state index contributed by atoms with van der Waals surface area (Å²) in [6.07, 6.45) is 4.72. The molecule has 23 heavy (non-hydrogen) atoms. The van der Waals surface area contributed by atoms with E-state index in [4.69, 9.17) is 0 Å². The molecule has 2 saturated heterocycles. The zero-order valence-corrected chi connectivity index (χ0v) is 13.2. The Morgan fingerprint density at radius 3 is 3.00 bits per heavy atom. The number of hydrogen-bond donors (Lipinski definition) is 1. The van der Waals surface area contributed by atoms with Crippen LogP contribution < -0.4 is 5.32 Å². The number of benzene rings is 1. The standard InChI is InChI=1S/C19H20N2O2/c1-2-12-10-21(23)8-7-19-15-5-3-4-6-16(15)20-18(19)14(11-22)13(12)9-17(19)21/h2-6,11,13,17,20H,7-10H2,1H3/b12-2-/t13-,17-,19?,21?/m0/s1. The molecule has 0 aromatic heterocycles. The molecule has 0 amide bonds. The predicted molar refractivity (Wildman–Crippen MR) is 88.5 cm³/mol. The van der Waals surface area contributed by atoms with Gasteiger partial charge in [-0.15, -0.1) is 0 Å². The highest BCUT2D eigenvalue weighted by molar-refractivity contribution is 5.84. The minimum Gasteiger partial charge on any atom is -0.632 e. The van der Waals surface area contributed by atoms with Crippen LogP contribution in [0.4, 0.5) is 5.69 Å². The van der Waals surface area contributed by atoms with Gasteiger partial charge in [-0.25, -0.2) is 0 Å². The molecule has 4 nitrogen and oxygen atoms in total. The number of hydroxylamine groups is 3. The Balaban J connectivity index is 1.85. The smallest absolute Gasteiger partial charge is 0.148 e. The van der Waals surface area contributed by atoms with E-state index in [1.165, 1.54) is 5.56 Å². The van der Waals surface area contributed by atoms with Gasteiger partial charge >= 0.3 is 0 Å². The van der Waals surface area contributed by atoms with Gasteiger partial charge < -0.3 is 15.2 Å². The van der Waals surface area contributed by atoms with E-state index in [1.54, 1.807) is 0 Å². The molecule has 3 aliphatic heterocycles. The number of fused-ring (bicyclic) bond motifs is 2. The molecular formula is C19H20N2O2. The van der Waals surface area contributed by atoms with Crippen molar-refractivity contribution in [2.45, 2.75) is 31.2 Å². The lowest BCUT2D eigenvalue weighted by Crippen LogP contribution is -2.60. The van der Waals surface area contributed by atoms with E-state index in [-0.39, 0.29) is 22.0 Å². The first kappa shape index (κ1) is 13.5. The van der Waals surface area contributed by atoms with Gasteiger partial charge in [0.05, 0.1) is 12.0 Å². The summed E-state index contributed by atoms with van der Waals surface area (Å²) in [6, 6.07) is 8.29. The normalized spacial score (nSPS) is 41.6. The summed E-state index contributed by atoms with van der Waals surface area (Å²) >= 11 is 0. The topological polar surface area (TPSA) is 52.2 Å². The van der Waals surface area contributed by atoms with Crippen molar-refractivity contribution in [3.63, 3.8) is 0 Å². The highest BCUT2D eigenvalue weighted by Gasteiger charge is 2.66. The number of para-hydroxylation sites is 1. The molecule has 0 radical (unpaired) electrons. The second-order valence-electron chi connectivity index (χ2n) is 7.34. The number of nitrogens with one attached hydrogen (secondary N) is 1. The summed E-state index contributed by atoms with van der Waals surface area (Å²) in [6.45, 7) is 3.17. The zero-order chi connectivity index (χ0) is 15.8. The molecule has 3 heterocycles. The van der Waals surface area contributed by atoms with Crippen molar-refractivity contribution in [2.24, 2.45) is 5.92 Å². The Morgan fingerprint density at radius 1 is 1.39 bits per heavy atom. The summed E-state index contributed by atoms with van der Waals surface area (Å²) in [5.74, 6) is 0.116. The molecule has 4 heteroatoms. The molecule has 2 bridgehead atoms. The quantitative estimate of drug-likeness (QED) is 0.376. The Hall–Kier alpha value is -1.91. The van der Waals surface area contributed by atoms with Gasteiger partial charge in [0.1, 0.15) is 18.9 Å². The van der Waals surface area contributed by atoms with Crippen molar-refractivity contribution < 1.29 is 9.44 Å². The highest BCUT2D eigenvalue weighted by Crippen LogP contribution is 2.62. The summed E-state index contributed by atoms with van der Waals surface area (Å²) in [5, 5.41) is 17.1. The minimum atomic E-state index is -0.273. The number of hydrogen-bond acceptors (Lipinski definition) is 3. The first-order valence-electron chi connectivity index (χ1n) is 8.43. The van der Waals surface area contributed by atoms with Crippen LogP contribution in [-0.2, 0) is 10.2 Å². The van der Waals surface area contributed by atoms with Gasteiger partial charge in [-0.2, -0.15) is 0 Å². The minimum absolute atomic E-state index is 0.0334. The maximum Gasteiger partial charge on any atom is 0.148 e. The van der Waals surface area contributed by atoms with Crippen LogP contribution >= 0.6 is 0 Å². The van der Waals surface area contributed by atoms with Gasteiger partial charge in [-0.05, 0) is 24.1 Å². The predicted octanol–water partition coefficient (Wildman–Crippen LogP) is 2.87. The number of aldehydes is 1. The first-order chi connectivity index (χ1) is 11.1. The lowest BCUT2D eigenvalue weighted by molar-refractivity contribution is -0.895. The third kappa shape index (κ3) is 1.38. The van der Waals surface area contributed by atoms with Gasteiger partial charge in [0, 0.05) is 35.7 Å². The van der Waals surface area contributed by atoms with Crippen LogP contribution in [0.25, 0.3) is 0 Å². The number of anilines is 1. The summed E-state index contributed by atoms with van der Waals surface area (Å²) in [5.41, 5.74) is 5.05. The maximum atomic E-state index is 13.5. The zero-order valence-electron chi connectivity index (χ0n) is 13.2. The molecule has 1 spiro atoms. The van der Waals surface area contributed by atoms with Gasteiger partial charge in [-0.1, -0.05) is 24.3 Å². The van der Waals surface area contributed by atoms with Gasteiger partial charge in [0.2, 0.25) is 0 Å². The average Bonchev–Trinajstić information content (AvgIpc) is 3.08. The maximum absolute atomic E-state index is 13.5. The van der Waals surface area contributed by atoms with Crippen molar-refractivity contribution in [2.75, 3.05) is 18.4 Å². The Morgan fingerprint density at radius 2 is 2.22 bits per heavy atom. The SMILES string of the molecule is C/C=C1/C[N+]2([O-])CCC34C(=C(C=O)[C@H]1C[C@@H]32)Nc1ccccc14. The average molecular weight is 308 g/mol. The molecule has 4 atom stereocenters. The van der Waals surface area contributed by atoms with Crippen LogP contribution in [0.2, 0.25) is 0 Å². The van der Waals surface area contributed by atoms with Gasteiger partial charge in [0.25, 0.3) is 0 Å². The second-order valence-corrected chi connectivity index (χ2v) is 7.34. The molecule has 5 rings (SSSR count). The van der Waals surface area contributed by atoms with Crippen LogP contribution in [-0.4, -0.2) is 30.1 Å². The van der Waals surface area contributed by atoms with Crippen LogP contribution in [0.15, 0.2) is 47.2 Å². The largest absolute Gasteiger partial charge is 0.632 e. The van der Waals surface area contributed by atoms with E-state index in [0.29, 0.717) is 13.1 Å². The lowest BCUT2D eigenvalue weighted by atomic mass is 9.62. The van der Waals surface area contributed by atoms with Crippen molar-refractivity contribution in [1.29, 1.82) is 0 Å². The highest BCUT2D eigenvalue weighted by atomic mass is 16.5. The second kappa shape index (κ2) is 4.13. The number of piperidine rings is 1. The van der Waals surface area contributed by atoms with Gasteiger partial charge in [-0.3, -0.25) is 4.79 Å².